The van der Waals surface area contributed by atoms with Crippen LogP contribution in [-0.2, 0) is 14.3 Å². The highest BCUT2D eigenvalue weighted by Crippen LogP contribution is 2.25. The Morgan fingerprint density at radius 3 is 2.40 bits per heavy atom. The standard InChI is InChI=1S/C14H24N4O7/c1-5(2)12(22)18-9-6(17-14(15)16)3-8(13(23)24)25-11(9)10(21)7(20)4-19/h3,5-7,9-11,19-21H,4H2,1-2H3,(H,18,22)(H,23,24)(H4,15,16,17)/t6-,7+,9+,10+,11+/m0/s1. The second-order valence-corrected chi connectivity index (χ2v) is 5.89. The molecule has 142 valence electrons. The van der Waals surface area contributed by atoms with E-state index in [1.54, 1.807) is 13.8 Å². The summed E-state index contributed by atoms with van der Waals surface area (Å²) < 4.78 is 5.21. The van der Waals surface area contributed by atoms with E-state index in [0.717, 1.165) is 6.08 Å². The van der Waals surface area contributed by atoms with Crippen LogP contribution >= 0.6 is 0 Å². The molecule has 1 aliphatic heterocycles. The molecular formula is C14H24N4O7. The number of carboxylic acids is 1. The molecule has 5 atom stereocenters. The Morgan fingerprint density at radius 1 is 1.36 bits per heavy atom. The Morgan fingerprint density at radius 2 is 1.96 bits per heavy atom. The maximum Gasteiger partial charge on any atom is 0.370 e. The molecule has 1 aliphatic rings. The van der Waals surface area contributed by atoms with Crippen LogP contribution in [0.4, 0.5) is 0 Å². The molecule has 25 heavy (non-hydrogen) atoms. The number of nitrogens with one attached hydrogen (secondary N) is 1. The number of carboxylic acid groups (broad SMARTS) is 1. The molecule has 0 aliphatic carbocycles. The Balaban J connectivity index is 3.32. The first-order valence-corrected chi connectivity index (χ1v) is 7.56. The van der Waals surface area contributed by atoms with Gasteiger partial charge in [-0.3, -0.25) is 4.79 Å². The summed E-state index contributed by atoms with van der Waals surface area (Å²) in [4.78, 5) is 27.2. The number of guanidine groups is 1. The molecule has 0 saturated heterocycles. The third-order valence-electron chi connectivity index (χ3n) is 3.57. The van der Waals surface area contributed by atoms with Crippen molar-refractivity contribution in [3.63, 3.8) is 0 Å². The van der Waals surface area contributed by atoms with Gasteiger partial charge in [0.2, 0.25) is 11.7 Å². The van der Waals surface area contributed by atoms with Crippen molar-refractivity contribution < 1.29 is 34.8 Å². The lowest BCUT2D eigenvalue weighted by molar-refractivity contribution is -0.146. The molecule has 0 fully saturated rings. The van der Waals surface area contributed by atoms with Gasteiger partial charge in [0.25, 0.3) is 0 Å². The number of nitrogens with zero attached hydrogens (tertiary/aromatic N) is 1. The fourth-order valence-corrected chi connectivity index (χ4v) is 2.23. The Bertz CT molecular complexity index is 559. The molecule has 9 N–H and O–H groups in total. The van der Waals surface area contributed by atoms with Crippen LogP contribution in [0.25, 0.3) is 0 Å². The number of amides is 1. The van der Waals surface area contributed by atoms with Crippen LogP contribution in [0, 0.1) is 5.92 Å². The SMILES string of the molecule is CC(C)C(=O)N[C@H]1[C@H]([C@H](O)[C@H](O)CO)OC(C(=O)O)=C[C@@H]1N=C(N)N. The average molecular weight is 360 g/mol. The predicted octanol–water partition coefficient (Wildman–Crippen LogP) is -3.15. The van der Waals surface area contributed by atoms with Crippen LogP contribution in [-0.4, -0.2) is 75.3 Å². The summed E-state index contributed by atoms with van der Waals surface area (Å²) in [7, 11) is 0. The molecule has 0 aromatic heterocycles. The van der Waals surface area contributed by atoms with Crippen molar-refractivity contribution in [2.45, 2.75) is 44.2 Å². The normalized spacial score (nSPS) is 25.4. The minimum atomic E-state index is -1.71. The van der Waals surface area contributed by atoms with Gasteiger partial charge in [-0.15, -0.1) is 0 Å². The smallest absolute Gasteiger partial charge is 0.370 e. The van der Waals surface area contributed by atoms with Crippen molar-refractivity contribution in [2.75, 3.05) is 6.61 Å². The summed E-state index contributed by atoms with van der Waals surface area (Å²) in [6.07, 6.45) is -3.66. The number of carbonyl (C=O) groups is 2. The van der Waals surface area contributed by atoms with Gasteiger partial charge in [0.1, 0.15) is 18.3 Å². The molecule has 11 heteroatoms. The first-order chi connectivity index (χ1) is 11.6. The lowest BCUT2D eigenvalue weighted by atomic mass is 9.92. The van der Waals surface area contributed by atoms with Crippen LogP contribution in [0.2, 0.25) is 0 Å². The van der Waals surface area contributed by atoms with Gasteiger partial charge < -0.3 is 41.9 Å². The summed E-state index contributed by atoms with van der Waals surface area (Å²) in [5, 5.41) is 40.6. The zero-order valence-electron chi connectivity index (χ0n) is 13.9. The Hall–Kier alpha value is -2.37. The third-order valence-corrected chi connectivity index (χ3v) is 3.57. The van der Waals surface area contributed by atoms with Crippen molar-refractivity contribution in [1.29, 1.82) is 0 Å². The van der Waals surface area contributed by atoms with E-state index >= 15 is 0 Å². The zero-order chi connectivity index (χ0) is 19.3. The van der Waals surface area contributed by atoms with Crippen LogP contribution < -0.4 is 16.8 Å². The predicted molar refractivity (Wildman–Crippen MR) is 86.1 cm³/mol. The maximum atomic E-state index is 12.1. The molecule has 11 nitrogen and oxygen atoms in total. The molecule has 0 aromatic carbocycles. The quantitative estimate of drug-likeness (QED) is 0.181. The van der Waals surface area contributed by atoms with Crippen molar-refractivity contribution in [3.8, 4) is 0 Å². The highest BCUT2D eigenvalue weighted by Gasteiger charge is 2.44. The fraction of sp³-hybridized carbons (Fsp3) is 0.643. The highest BCUT2D eigenvalue weighted by atomic mass is 16.5. The second-order valence-electron chi connectivity index (χ2n) is 5.89. The van der Waals surface area contributed by atoms with Gasteiger partial charge in [-0.05, 0) is 6.08 Å². The van der Waals surface area contributed by atoms with Crippen molar-refractivity contribution >= 4 is 17.8 Å². The highest BCUT2D eigenvalue weighted by molar-refractivity contribution is 5.85. The minimum Gasteiger partial charge on any atom is -0.478 e. The van der Waals surface area contributed by atoms with Crippen molar-refractivity contribution in [1.82, 2.24) is 5.32 Å². The van der Waals surface area contributed by atoms with E-state index in [2.05, 4.69) is 10.3 Å². The fourth-order valence-electron chi connectivity index (χ4n) is 2.23. The molecule has 0 radical (unpaired) electrons. The zero-order valence-corrected chi connectivity index (χ0v) is 13.9. The van der Waals surface area contributed by atoms with E-state index in [0.29, 0.717) is 0 Å². The van der Waals surface area contributed by atoms with E-state index < -0.39 is 60.6 Å². The maximum absolute atomic E-state index is 12.1. The van der Waals surface area contributed by atoms with Crippen LogP contribution in [0.1, 0.15) is 13.8 Å². The van der Waals surface area contributed by atoms with Crippen molar-refractivity contribution in [2.24, 2.45) is 22.4 Å². The van der Waals surface area contributed by atoms with E-state index in [1.165, 1.54) is 0 Å². The van der Waals surface area contributed by atoms with Crippen LogP contribution in [0.15, 0.2) is 16.8 Å². The number of aliphatic hydroxyl groups is 3. The second kappa shape index (κ2) is 8.65. The number of hydrogen-bond donors (Lipinski definition) is 7. The van der Waals surface area contributed by atoms with E-state index in [4.69, 9.17) is 26.4 Å². The summed E-state index contributed by atoms with van der Waals surface area (Å²) in [6.45, 7) is 2.45. The largest absolute Gasteiger partial charge is 0.478 e. The molecule has 0 aromatic rings. The summed E-state index contributed by atoms with van der Waals surface area (Å²) in [6, 6.07) is -2.13. The molecule has 1 heterocycles. The summed E-state index contributed by atoms with van der Waals surface area (Å²) in [5.74, 6) is -3.22. The minimum absolute atomic E-state index is 0.368. The first-order valence-electron chi connectivity index (χ1n) is 7.56. The Kier molecular flexibility index (Phi) is 7.15. The number of rotatable bonds is 7. The first kappa shape index (κ1) is 20.7. The van der Waals surface area contributed by atoms with Crippen LogP contribution in [0.5, 0.6) is 0 Å². The summed E-state index contributed by atoms with van der Waals surface area (Å²) in [5.41, 5.74) is 10.7. The lowest BCUT2D eigenvalue weighted by Crippen LogP contribution is -2.60. The van der Waals surface area contributed by atoms with Crippen molar-refractivity contribution in [3.05, 3.63) is 11.8 Å². The summed E-state index contributed by atoms with van der Waals surface area (Å²) >= 11 is 0. The van der Waals surface area contributed by atoms with Gasteiger partial charge in [-0.25, -0.2) is 9.79 Å². The van der Waals surface area contributed by atoms with Crippen LogP contribution in [0.3, 0.4) is 0 Å². The number of hydrogen-bond acceptors (Lipinski definition) is 7. The molecule has 0 spiro atoms. The molecule has 0 unspecified atom stereocenters. The number of ether oxygens (including phenoxy) is 1. The Labute approximate surface area is 144 Å². The van der Waals surface area contributed by atoms with Gasteiger partial charge in [0, 0.05) is 5.92 Å². The van der Waals surface area contributed by atoms with Gasteiger partial charge >= 0.3 is 5.97 Å². The molecule has 1 amide bonds. The van der Waals surface area contributed by atoms with E-state index in [1.807, 2.05) is 0 Å². The molecular weight excluding hydrogens is 336 g/mol. The lowest BCUT2D eigenvalue weighted by Gasteiger charge is -2.39. The molecule has 0 saturated carbocycles. The third kappa shape index (κ3) is 5.31. The monoisotopic (exact) mass is 360 g/mol. The number of aliphatic hydroxyl groups excluding tert-OH is 3. The van der Waals surface area contributed by atoms with E-state index in [-0.39, 0.29) is 5.96 Å². The average Bonchev–Trinajstić information content (AvgIpc) is 2.53. The number of aliphatic imine (C=N–C) groups is 1. The molecule has 1 rings (SSSR count). The van der Waals surface area contributed by atoms with Gasteiger partial charge in [-0.1, -0.05) is 13.8 Å². The molecule has 0 bridgehead atoms. The topological polar surface area (TPSA) is 201 Å². The number of aliphatic carboxylic acids is 1. The van der Waals surface area contributed by atoms with Gasteiger partial charge in [-0.2, -0.15) is 0 Å². The number of carbonyl (C=O) groups excluding carboxylic acids is 1. The number of nitrogens with two attached hydrogens (primary N) is 2. The van der Waals surface area contributed by atoms with Gasteiger partial charge in [0.05, 0.1) is 18.7 Å². The van der Waals surface area contributed by atoms with Gasteiger partial charge in [0.15, 0.2) is 5.96 Å². The van der Waals surface area contributed by atoms with E-state index in [9.17, 15) is 19.8 Å².